The van der Waals surface area contributed by atoms with Crippen LogP contribution in [-0.4, -0.2) is 24.6 Å². The summed E-state index contributed by atoms with van der Waals surface area (Å²) in [5.41, 5.74) is 1.29. The van der Waals surface area contributed by atoms with Crippen molar-refractivity contribution >= 4 is 21.4 Å². The summed E-state index contributed by atoms with van der Waals surface area (Å²) in [5.74, 6) is -0.565. The van der Waals surface area contributed by atoms with Crippen molar-refractivity contribution in [3.8, 4) is 0 Å². The van der Waals surface area contributed by atoms with E-state index in [1.807, 2.05) is 0 Å². The van der Waals surface area contributed by atoms with Gasteiger partial charge in [0.25, 0.3) is 0 Å². The van der Waals surface area contributed by atoms with Gasteiger partial charge in [0.2, 0.25) is 10.4 Å². The highest BCUT2D eigenvalue weighted by Crippen LogP contribution is 2.30. The molecule has 0 amide bonds. The summed E-state index contributed by atoms with van der Waals surface area (Å²) in [4.78, 5) is 0. The van der Waals surface area contributed by atoms with Gasteiger partial charge in [0.15, 0.2) is 11.0 Å². The molecule has 29 heavy (non-hydrogen) atoms. The molecule has 0 fully saturated rings. The number of hydrogen-bond donors (Lipinski definition) is 0. The summed E-state index contributed by atoms with van der Waals surface area (Å²) in [6.45, 7) is 2.60. The lowest BCUT2D eigenvalue weighted by Gasteiger charge is -2.06. The van der Waals surface area contributed by atoms with E-state index in [2.05, 4.69) is 11.1 Å². The Morgan fingerprint density at radius 1 is 1.07 bits per heavy atom. The van der Waals surface area contributed by atoms with Gasteiger partial charge in [-0.05, 0) is 25.0 Å². The second-order valence-corrected chi connectivity index (χ2v) is 7.87. The smallest absolute Gasteiger partial charge is 0.495 e. The maximum absolute atomic E-state index is 13.4. The van der Waals surface area contributed by atoms with Crippen LogP contribution in [-0.2, 0) is 34.4 Å². The number of alkyl halides is 3. The van der Waals surface area contributed by atoms with E-state index >= 15 is 0 Å². The van der Waals surface area contributed by atoms with Gasteiger partial charge >= 0.3 is 12.0 Å². The van der Waals surface area contributed by atoms with E-state index in [1.165, 1.54) is 41.9 Å². The van der Waals surface area contributed by atoms with Crippen molar-refractivity contribution in [2.75, 3.05) is 7.11 Å². The van der Waals surface area contributed by atoms with Gasteiger partial charge in [-0.2, -0.15) is 13.2 Å². The topological polar surface area (TPSA) is 75.2 Å². The van der Waals surface area contributed by atoms with Gasteiger partial charge < -0.3 is 4.55 Å². The van der Waals surface area contributed by atoms with Crippen LogP contribution < -0.4 is 4.57 Å². The normalized spacial score (nSPS) is 12.1. The lowest BCUT2D eigenvalue weighted by molar-refractivity contribution is -0.667. The molecule has 166 valence electrons. The summed E-state index contributed by atoms with van der Waals surface area (Å²) in [6, 6.07) is 7.09. The van der Waals surface area contributed by atoms with Crippen LogP contribution in [0.4, 0.5) is 13.2 Å². The van der Waals surface area contributed by atoms with E-state index in [1.54, 1.807) is 24.3 Å². The highest BCUT2D eigenvalue weighted by atomic mass is 32.3. The minimum Gasteiger partial charge on any atom is -0.726 e. The van der Waals surface area contributed by atoms with Crippen molar-refractivity contribution in [1.82, 2.24) is 4.57 Å². The van der Waals surface area contributed by atoms with E-state index in [-0.39, 0.29) is 0 Å². The number of hydrogen-bond acceptors (Lipinski definition) is 4. The van der Waals surface area contributed by atoms with Gasteiger partial charge in [-0.15, -0.1) is 0 Å². The molecule has 0 aliphatic carbocycles. The molecule has 0 aliphatic heterocycles. The average Bonchev–Trinajstić information content (AvgIpc) is 2.93. The van der Waals surface area contributed by atoms with Gasteiger partial charge in [-0.3, -0.25) is 4.18 Å². The molecule has 10 heteroatoms. The lowest BCUT2D eigenvalue weighted by atomic mass is 10.1. The average molecular weight is 439 g/mol. The Hall–Kier alpha value is -1.65. The number of imidazole rings is 1. The van der Waals surface area contributed by atoms with Crippen LogP contribution in [0.5, 0.6) is 0 Å². The fraction of sp³-hybridized carbons (Fsp3) is 0.632. The summed E-state index contributed by atoms with van der Waals surface area (Å²) in [5, 5.41) is 0. The number of nitrogens with zero attached hydrogens (tertiary/aromatic N) is 2. The maximum atomic E-state index is 13.4. The SMILES string of the molecule is CCCCCCCCCn1c(C(F)(F)F)[n+](C)c2ccccc21.COS(=O)(=O)[O-]. The summed E-state index contributed by atoms with van der Waals surface area (Å²) in [6.07, 6.45) is 3.40. The highest BCUT2D eigenvalue weighted by Gasteiger charge is 2.45. The number of aromatic nitrogens is 2. The zero-order valence-electron chi connectivity index (χ0n) is 17.0. The predicted octanol–water partition coefficient (Wildman–Crippen LogP) is 4.33. The standard InChI is InChI=1S/C18H26F3N2.CH4O4S/c1-3-4-5-6-7-8-11-14-23-16-13-10-9-12-15(16)22(2)17(23)18(19,20)21;1-5-6(2,3)4/h9-10,12-13H,3-8,11,14H2,1-2H3;1H3,(H,2,3,4)/q+1;/p-1. The molecule has 6 nitrogen and oxygen atoms in total. The number of aryl methyl sites for hydroxylation is 2. The second kappa shape index (κ2) is 11.5. The third-order valence-electron chi connectivity index (χ3n) is 4.55. The van der Waals surface area contributed by atoms with Crippen molar-refractivity contribution in [2.45, 2.75) is 64.6 Å². The van der Waals surface area contributed by atoms with Crippen LogP contribution in [0.3, 0.4) is 0 Å². The zero-order valence-corrected chi connectivity index (χ0v) is 17.9. The molecule has 0 spiro atoms. The largest absolute Gasteiger partial charge is 0.726 e. The number of benzene rings is 1. The summed E-state index contributed by atoms with van der Waals surface area (Å²) < 4.78 is 74.0. The number of unbranched alkanes of at least 4 members (excludes halogenated alkanes) is 6. The molecule has 0 N–H and O–H groups in total. The zero-order chi connectivity index (χ0) is 22.1. The Kier molecular flexibility index (Phi) is 10.1. The van der Waals surface area contributed by atoms with E-state index in [4.69, 9.17) is 0 Å². The van der Waals surface area contributed by atoms with Crippen molar-refractivity contribution in [1.29, 1.82) is 0 Å². The van der Waals surface area contributed by atoms with Gasteiger partial charge in [-0.1, -0.05) is 51.2 Å². The molecule has 1 heterocycles. The van der Waals surface area contributed by atoms with Crippen LogP contribution >= 0.6 is 0 Å². The number of halogens is 3. The van der Waals surface area contributed by atoms with Crippen molar-refractivity contribution in [2.24, 2.45) is 7.05 Å². The summed E-state index contributed by atoms with van der Waals surface area (Å²) >= 11 is 0. The second-order valence-electron chi connectivity index (χ2n) is 6.72. The Morgan fingerprint density at radius 2 is 1.59 bits per heavy atom. The molecule has 0 saturated heterocycles. The molecule has 0 unspecified atom stereocenters. The first kappa shape index (κ1) is 25.4. The first-order valence-electron chi connectivity index (χ1n) is 9.58. The van der Waals surface area contributed by atoms with Gasteiger partial charge in [0, 0.05) is 0 Å². The molecule has 2 rings (SSSR count). The van der Waals surface area contributed by atoms with Crippen LogP contribution in [0.1, 0.15) is 57.7 Å². The van der Waals surface area contributed by atoms with E-state index in [9.17, 15) is 26.1 Å². The third-order valence-corrected chi connectivity index (χ3v) is 4.96. The van der Waals surface area contributed by atoms with Gasteiger partial charge in [0.05, 0.1) is 20.7 Å². The first-order valence-corrected chi connectivity index (χ1v) is 10.9. The lowest BCUT2D eigenvalue weighted by Crippen LogP contribution is -2.38. The molecule has 1 aromatic carbocycles. The van der Waals surface area contributed by atoms with Gasteiger partial charge in [0.1, 0.15) is 0 Å². The predicted molar refractivity (Wildman–Crippen MR) is 103 cm³/mol. The number of para-hydroxylation sites is 2. The van der Waals surface area contributed by atoms with Crippen molar-refractivity contribution in [3.05, 3.63) is 30.1 Å². The van der Waals surface area contributed by atoms with E-state index in [0.29, 0.717) is 17.6 Å². The fourth-order valence-electron chi connectivity index (χ4n) is 3.18. The monoisotopic (exact) mass is 438 g/mol. The first-order chi connectivity index (χ1) is 13.5. The molecule has 1 aromatic heterocycles. The maximum Gasteiger partial charge on any atom is 0.495 e. The molecule has 0 radical (unpaired) electrons. The van der Waals surface area contributed by atoms with Crippen molar-refractivity contribution < 1.29 is 34.9 Å². The Bertz CT molecular complexity index is 864. The molecule has 0 saturated carbocycles. The Morgan fingerprint density at radius 3 is 2.10 bits per heavy atom. The van der Waals surface area contributed by atoms with Crippen LogP contribution in [0.2, 0.25) is 0 Å². The van der Waals surface area contributed by atoms with E-state index < -0.39 is 22.4 Å². The Balaban J connectivity index is 0.000000612. The van der Waals surface area contributed by atoms with Crippen molar-refractivity contribution in [3.63, 3.8) is 0 Å². The number of rotatable bonds is 9. The highest BCUT2D eigenvalue weighted by molar-refractivity contribution is 7.80. The van der Waals surface area contributed by atoms with Gasteiger partial charge in [-0.25, -0.2) is 17.6 Å². The number of fused-ring (bicyclic) bond motifs is 1. The fourth-order valence-corrected chi connectivity index (χ4v) is 3.18. The molecule has 0 atom stereocenters. The molecule has 0 aliphatic rings. The quantitative estimate of drug-likeness (QED) is 0.253. The third kappa shape index (κ3) is 8.31. The molecular weight excluding hydrogens is 409 g/mol. The minimum absolute atomic E-state index is 0.421. The minimum atomic E-state index is -4.41. The Labute approximate surface area is 170 Å². The summed E-state index contributed by atoms with van der Waals surface area (Å²) in [7, 11) is -2.11. The van der Waals surface area contributed by atoms with Crippen LogP contribution in [0, 0.1) is 0 Å². The van der Waals surface area contributed by atoms with Crippen LogP contribution in [0.15, 0.2) is 24.3 Å². The molecular formula is C19H29F3N2O4S. The van der Waals surface area contributed by atoms with E-state index in [0.717, 1.165) is 26.4 Å². The molecule has 0 bridgehead atoms. The molecule has 2 aromatic rings. The van der Waals surface area contributed by atoms with Crippen LogP contribution in [0.25, 0.3) is 11.0 Å².